The van der Waals surface area contributed by atoms with Gasteiger partial charge in [-0.3, -0.25) is 9.59 Å². The molecule has 0 bridgehead atoms. The molecule has 0 aliphatic rings. The van der Waals surface area contributed by atoms with Crippen molar-refractivity contribution in [2.24, 2.45) is 0 Å². The van der Waals surface area contributed by atoms with Crippen LogP contribution in [-0.4, -0.2) is 30.2 Å². The van der Waals surface area contributed by atoms with E-state index in [1.165, 1.54) is 0 Å². The molecule has 98 valence electrons. The molecule has 1 rings (SSSR count). The van der Waals surface area contributed by atoms with Crippen LogP contribution in [0.25, 0.3) is 0 Å². The topological polar surface area (TPSA) is 91.5 Å². The van der Waals surface area contributed by atoms with Gasteiger partial charge in [-0.05, 0) is 6.92 Å². The fraction of sp³-hybridized carbons (Fsp3) is 0.364. The lowest BCUT2D eigenvalue weighted by Gasteiger charge is -2.04. The molecule has 0 aromatic carbocycles. The SMILES string of the molecule is CCNC(=O)CNC(=O)c1cc[n+](COO)cc1. The monoisotopic (exact) mass is 254 g/mol. The second-order valence-electron chi connectivity index (χ2n) is 3.50. The van der Waals surface area contributed by atoms with Crippen molar-refractivity contribution >= 4 is 11.8 Å². The molecule has 0 fully saturated rings. The van der Waals surface area contributed by atoms with E-state index < -0.39 is 0 Å². The molecular formula is C11H16N3O4+. The van der Waals surface area contributed by atoms with Gasteiger partial charge in [0, 0.05) is 18.7 Å². The van der Waals surface area contributed by atoms with Gasteiger partial charge in [0.1, 0.15) is 0 Å². The van der Waals surface area contributed by atoms with Gasteiger partial charge in [-0.2, -0.15) is 9.45 Å². The Kier molecular flexibility index (Phi) is 5.75. The van der Waals surface area contributed by atoms with Crippen molar-refractivity contribution in [3.8, 4) is 0 Å². The van der Waals surface area contributed by atoms with E-state index in [-0.39, 0.29) is 25.1 Å². The third-order valence-corrected chi connectivity index (χ3v) is 2.14. The van der Waals surface area contributed by atoms with Gasteiger partial charge in [0.2, 0.25) is 5.91 Å². The van der Waals surface area contributed by atoms with Crippen molar-refractivity contribution in [3.05, 3.63) is 30.1 Å². The second-order valence-corrected chi connectivity index (χ2v) is 3.50. The number of hydrogen-bond acceptors (Lipinski definition) is 4. The van der Waals surface area contributed by atoms with E-state index in [2.05, 4.69) is 15.5 Å². The summed E-state index contributed by atoms with van der Waals surface area (Å²) in [5, 5.41) is 13.3. The van der Waals surface area contributed by atoms with Crippen LogP contribution >= 0.6 is 0 Å². The molecule has 0 aliphatic heterocycles. The number of carbonyl (C=O) groups is 2. The van der Waals surface area contributed by atoms with E-state index >= 15 is 0 Å². The van der Waals surface area contributed by atoms with Gasteiger partial charge in [-0.1, -0.05) is 0 Å². The van der Waals surface area contributed by atoms with Gasteiger partial charge in [0.15, 0.2) is 12.4 Å². The largest absolute Gasteiger partial charge is 0.355 e. The molecule has 0 aliphatic carbocycles. The summed E-state index contributed by atoms with van der Waals surface area (Å²) < 4.78 is 1.54. The first-order valence-electron chi connectivity index (χ1n) is 5.47. The summed E-state index contributed by atoms with van der Waals surface area (Å²) in [6.07, 6.45) is 3.16. The third kappa shape index (κ3) is 4.48. The molecule has 0 saturated carbocycles. The first kappa shape index (κ1) is 14.1. The van der Waals surface area contributed by atoms with Crippen LogP contribution in [0.3, 0.4) is 0 Å². The van der Waals surface area contributed by atoms with Gasteiger partial charge in [0.25, 0.3) is 12.6 Å². The predicted octanol–water partition coefficient (Wildman–Crippen LogP) is -0.713. The minimum absolute atomic E-state index is 0.0131. The Bertz CT molecular complexity index is 405. The molecule has 0 saturated heterocycles. The molecule has 0 radical (unpaired) electrons. The number of nitrogens with zero attached hydrogens (tertiary/aromatic N) is 1. The molecule has 1 aromatic heterocycles. The van der Waals surface area contributed by atoms with Crippen molar-refractivity contribution in [1.29, 1.82) is 0 Å². The van der Waals surface area contributed by atoms with Crippen molar-refractivity contribution in [2.45, 2.75) is 13.7 Å². The highest BCUT2D eigenvalue weighted by Gasteiger charge is 2.09. The normalized spacial score (nSPS) is 9.89. The van der Waals surface area contributed by atoms with Gasteiger partial charge in [0.05, 0.1) is 12.1 Å². The van der Waals surface area contributed by atoms with Crippen molar-refractivity contribution in [3.63, 3.8) is 0 Å². The predicted molar refractivity (Wildman–Crippen MR) is 61.4 cm³/mol. The number of pyridine rings is 1. The van der Waals surface area contributed by atoms with Crippen molar-refractivity contribution in [2.75, 3.05) is 13.1 Å². The molecule has 7 heteroatoms. The van der Waals surface area contributed by atoms with Crippen LogP contribution in [0.5, 0.6) is 0 Å². The lowest BCUT2D eigenvalue weighted by atomic mass is 10.2. The van der Waals surface area contributed by atoms with Crippen molar-refractivity contribution in [1.82, 2.24) is 10.6 Å². The summed E-state index contributed by atoms with van der Waals surface area (Å²) in [5.74, 6) is -0.566. The van der Waals surface area contributed by atoms with Crippen LogP contribution in [0.1, 0.15) is 17.3 Å². The molecule has 1 aromatic rings. The first-order valence-corrected chi connectivity index (χ1v) is 5.47. The number of rotatable bonds is 6. The summed E-state index contributed by atoms with van der Waals surface area (Å²) >= 11 is 0. The van der Waals surface area contributed by atoms with E-state index in [0.717, 1.165) is 0 Å². The van der Waals surface area contributed by atoms with E-state index in [4.69, 9.17) is 5.26 Å². The number of carbonyl (C=O) groups excluding carboxylic acids is 2. The second kappa shape index (κ2) is 7.36. The summed E-state index contributed by atoms with van der Waals surface area (Å²) in [6.45, 7) is 2.27. The quantitative estimate of drug-likeness (QED) is 0.355. The van der Waals surface area contributed by atoms with Crippen LogP contribution in [0.2, 0.25) is 0 Å². The average molecular weight is 254 g/mol. The fourth-order valence-corrected chi connectivity index (χ4v) is 1.28. The Morgan fingerprint density at radius 3 is 2.56 bits per heavy atom. The molecule has 0 atom stereocenters. The minimum Gasteiger partial charge on any atom is -0.355 e. The molecule has 7 nitrogen and oxygen atoms in total. The smallest absolute Gasteiger partial charge is 0.281 e. The standard InChI is InChI=1S/C11H15N3O4/c1-2-12-10(15)7-13-11(16)9-3-5-14(6-4-9)8-18-17/h3-6H,2,7-8H2,1H3,(H2-,12,13,15,16,17)/p+1. The van der Waals surface area contributed by atoms with E-state index in [1.54, 1.807) is 36.0 Å². The van der Waals surface area contributed by atoms with Gasteiger partial charge in [-0.25, -0.2) is 5.26 Å². The molecule has 0 spiro atoms. The summed E-state index contributed by atoms with van der Waals surface area (Å²) in [7, 11) is 0. The number of hydrogen-bond donors (Lipinski definition) is 3. The molecule has 1 heterocycles. The van der Waals surface area contributed by atoms with Crippen LogP contribution < -0.4 is 15.2 Å². The maximum absolute atomic E-state index is 11.6. The zero-order chi connectivity index (χ0) is 13.4. The lowest BCUT2D eigenvalue weighted by Crippen LogP contribution is -2.38. The Hall–Kier alpha value is -1.99. The number of nitrogens with one attached hydrogen (secondary N) is 2. The number of likely N-dealkylation sites (N-methyl/N-ethyl adjacent to an activating group) is 1. The van der Waals surface area contributed by atoms with Crippen LogP contribution in [0, 0.1) is 0 Å². The zero-order valence-corrected chi connectivity index (χ0v) is 10.0. The minimum atomic E-state index is -0.335. The van der Waals surface area contributed by atoms with Gasteiger partial charge in [-0.15, -0.1) is 0 Å². The highest BCUT2D eigenvalue weighted by Crippen LogP contribution is 1.94. The van der Waals surface area contributed by atoms with E-state index in [0.29, 0.717) is 12.1 Å². The Labute approximate surface area is 104 Å². The van der Waals surface area contributed by atoms with E-state index in [1.807, 2.05) is 0 Å². The lowest BCUT2D eigenvalue weighted by molar-refractivity contribution is -0.753. The summed E-state index contributed by atoms with van der Waals surface area (Å²) in [6, 6.07) is 3.12. The van der Waals surface area contributed by atoms with Crippen molar-refractivity contribution < 1.29 is 24.3 Å². The van der Waals surface area contributed by atoms with E-state index in [9.17, 15) is 9.59 Å². The molecule has 18 heavy (non-hydrogen) atoms. The highest BCUT2D eigenvalue weighted by atomic mass is 17.1. The highest BCUT2D eigenvalue weighted by molar-refractivity contribution is 5.96. The van der Waals surface area contributed by atoms with Gasteiger partial charge >= 0.3 is 0 Å². The van der Waals surface area contributed by atoms with Crippen LogP contribution in [0.15, 0.2) is 24.5 Å². The third-order valence-electron chi connectivity index (χ3n) is 2.14. The van der Waals surface area contributed by atoms with Crippen LogP contribution in [-0.2, 0) is 16.4 Å². The maximum Gasteiger partial charge on any atom is 0.281 e. The molecule has 2 amide bonds. The first-order chi connectivity index (χ1) is 8.67. The Morgan fingerprint density at radius 1 is 1.33 bits per heavy atom. The Balaban J connectivity index is 2.48. The number of aromatic nitrogens is 1. The molecular weight excluding hydrogens is 238 g/mol. The summed E-state index contributed by atoms with van der Waals surface area (Å²) in [5.41, 5.74) is 0.425. The Morgan fingerprint density at radius 2 is 2.00 bits per heavy atom. The number of amides is 2. The maximum atomic E-state index is 11.6. The van der Waals surface area contributed by atoms with Crippen LogP contribution in [0.4, 0.5) is 0 Å². The zero-order valence-electron chi connectivity index (χ0n) is 10.0. The molecule has 3 N–H and O–H groups in total. The average Bonchev–Trinajstić information content (AvgIpc) is 2.37. The van der Waals surface area contributed by atoms with Gasteiger partial charge < -0.3 is 10.6 Å². The molecule has 0 unspecified atom stereocenters. The summed E-state index contributed by atoms with van der Waals surface area (Å²) in [4.78, 5) is 26.7. The fourth-order valence-electron chi connectivity index (χ4n) is 1.28.